The first-order valence-electron chi connectivity index (χ1n) is 9.00. The predicted molar refractivity (Wildman–Crippen MR) is 115 cm³/mol. The molecule has 2 N–H and O–H groups in total. The molecule has 0 fully saturated rings. The maximum Gasteiger partial charge on any atom is 0.335 e. The van der Waals surface area contributed by atoms with Gasteiger partial charge in [0.1, 0.15) is 0 Å². The minimum Gasteiger partial charge on any atom is -0.478 e. The molecule has 0 radical (unpaired) electrons. The van der Waals surface area contributed by atoms with Crippen LogP contribution in [0.5, 0.6) is 0 Å². The summed E-state index contributed by atoms with van der Waals surface area (Å²) in [6.07, 6.45) is 0.544. The van der Waals surface area contributed by atoms with Crippen molar-refractivity contribution in [1.82, 2.24) is 5.32 Å². The Bertz CT molecular complexity index is 1050. The molecule has 29 heavy (non-hydrogen) atoms. The normalized spacial score (nSPS) is 11.7. The van der Waals surface area contributed by atoms with Gasteiger partial charge >= 0.3 is 5.97 Å². The molecule has 6 heteroatoms. The van der Waals surface area contributed by atoms with Gasteiger partial charge in [0.2, 0.25) is 0 Å². The van der Waals surface area contributed by atoms with E-state index in [1.807, 2.05) is 31.2 Å². The zero-order valence-electron chi connectivity index (χ0n) is 15.7. The number of nitrogens with one attached hydrogen (secondary N) is 1. The summed E-state index contributed by atoms with van der Waals surface area (Å²) >= 11 is 12.2. The van der Waals surface area contributed by atoms with Crippen LogP contribution < -0.4 is 5.32 Å². The van der Waals surface area contributed by atoms with Crippen molar-refractivity contribution in [2.24, 2.45) is 0 Å². The number of carboxylic acids is 1. The fourth-order valence-electron chi connectivity index (χ4n) is 3.05. The van der Waals surface area contributed by atoms with Gasteiger partial charge in [-0.3, -0.25) is 4.79 Å². The lowest BCUT2D eigenvalue weighted by molar-refractivity contribution is 0.0696. The van der Waals surface area contributed by atoms with Crippen LogP contribution in [0.2, 0.25) is 10.0 Å². The van der Waals surface area contributed by atoms with E-state index in [9.17, 15) is 9.59 Å². The van der Waals surface area contributed by atoms with Crippen LogP contribution in [0.25, 0.3) is 0 Å². The number of carbonyl (C=O) groups excluding carboxylic acids is 1. The molecule has 0 aliphatic carbocycles. The molecule has 4 nitrogen and oxygen atoms in total. The van der Waals surface area contributed by atoms with Crippen LogP contribution in [0.1, 0.15) is 50.4 Å². The van der Waals surface area contributed by atoms with Crippen LogP contribution in [-0.2, 0) is 6.42 Å². The smallest absolute Gasteiger partial charge is 0.335 e. The second-order valence-electron chi connectivity index (χ2n) is 6.73. The minimum absolute atomic E-state index is 0.200. The molecule has 148 valence electrons. The topological polar surface area (TPSA) is 66.4 Å². The zero-order valence-corrected chi connectivity index (χ0v) is 17.2. The van der Waals surface area contributed by atoms with E-state index >= 15 is 0 Å². The summed E-state index contributed by atoms with van der Waals surface area (Å²) < 4.78 is 0. The van der Waals surface area contributed by atoms with Crippen molar-refractivity contribution in [2.75, 3.05) is 0 Å². The number of amides is 1. The molecule has 0 saturated carbocycles. The molecule has 0 aliphatic rings. The number of hydrogen-bond acceptors (Lipinski definition) is 2. The largest absolute Gasteiger partial charge is 0.478 e. The molecule has 1 amide bonds. The monoisotopic (exact) mass is 427 g/mol. The molecule has 3 aromatic rings. The van der Waals surface area contributed by atoms with Crippen molar-refractivity contribution < 1.29 is 14.7 Å². The summed E-state index contributed by atoms with van der Waals surface area (Å²) in [6, 6.07) is 18.9. The van der Waals surface area contributed by atoms with E-state index in [1.54, 1.807) is 30.3 Å². The fraction of sp³-hybridized carbons (Fsp3) is 0.130. The fourth-order valence-corrected chi connectivity index (χ4v) is 3.44. The lowest BCUT2D eigenvalue weighted by Crippen LogP contribution is -2.27. The van der Waals surface area contributed by atoms with E-state index < -0.39 is 5.97 Å². The highest BCUT2D eigenvalue weighted by molar-refractivity contribution is 6.31. The van der Waals surface area contributed by atoms with Gasteiger partial charge in [0.15, 0.2) is 0 Å². The Morgan fingerprint density at radius 2 is 1.66 bits per heavy atom. The molecular formula is C23H19Cl2NO3. The third kappa shape index (κ3) is 5.37. The second kappa shape index (κ2) is 9.12. The quantitative estimate of drug-likeness (QED) is 0.524. The van der Waals surface area contributed by atoms with Crippen molar-refractivity contribution in [3.63, 3.8) is 0 Å². The van der Waals surface area contributed by atoms with E-state index in [0.717, 1.165) is 16.7 Å². The van der Waals surface area contributed by atoms with Crippen molar-refractivity contribution in [3.8, 4) is 0 Å². The molecule has 3 rings (SSSR count). The van der Waals surface area contributed by atoms with E-state index in [0.29, 0.717) is 22.0 Å². The van der Waals surface area contributed by atoms with Crippen LogP contribution in [0.4, 0.5) is 0 Å². The first kappa shape index (κ1) is 20.9. The molecule has 0 aromatic heterocycles. The molecule has 0 heterocycles. The lowest BCUT2D eigenvalue weighted by atomic mass is 9.98. The van der Waals surface area contributed by atoms with Gasteiger partial charge in [0, 0.05) is 15.6 Å². The Kier molecular flexibility index (Phi) is 6.57. The number of halogens is 2. The average molecular weight is 428 g/mol. The first-order valence-corrected chi connectivity index (χ1v) is 9.76. The Labute approximate surface area is 179 Å². The van der Waals surface area contributed by atoms with E-state index in [1.165, 1.54) is 12.1 Å². The molecular weight excluding hydrogens is 409 g/mol. The maximum absolute atomic E-state index is 12.9. The summed E-state index contributed by atoms with van der Waals surface area (Å²) in [4.78, 5) is 23.9. The number of benzene rings is 3. The van der Waals surface area contributed by atoms with Gasteiger partial charge < -0.3 is 10.4 Å². The van der Waals surface area contributed by atoms with Crippen LogP contribution >= 0.6 is 23.2 Å². The number of hydrogen-bond donors (Lipinski definition) is 2. The Morgan fingerprint density at radius 3 is 2.31 bits per heavy atom. The van der Waals surface area contributed by atoms with Crippen molar-refractivity contribution in [1.29, 1.82) is 0 Å². The Balaban J connectivity index is 1.80. The molecule has 0 spiro atoms. The van der Waals surface area contributed by atoms with Crippen LogP contribution in [0.3, 0.4) is 0 Å². The molecule has 0 aliphatic heterocycles. The van der Waals surface area contributed by atoms with E-state index in [-0.39, 0.29) is 17.5 Å². The number of rotatable bonds is 6. The van der Waals surface area contributed by atoms with E-state index in [2.05, 4.69) is 5.32 Å². The molecule has 0 saturated heterocycles. The average Bonchev–Trinajstić information content (AvgIpc) is 2.69. The second-order valence-corrected chi connectivity index (χ2v) is 7.60. The minimum atomic E-state index is -0.988. The van der Waals surface area contributed by atoms with E-state index in [4.69, 9.17) is 28.3 Å². The third-order valence-corrected chi connectivity index (χ3v) is 5.08. The molecule has 0 bridgehead atoms. The highest BCUT2D eigenvalue weighted by Gasteiger charge is 2.16. The van der Waals surface area contributed by atoms with Crippen molar-refractivity contribution in [2.45, 2.75) is 19.4 Å². The third-order valence-electron chi connectivity index (χ3n) is 4.61. The van der Waals surface area contributed by atoms with Gasteiger partial charge in [-0.25, -0.2) is 4.79 Å². The standard InChI is InChI=1S/C23H19Cl2NO3/c1-14(16-5-7-17(8-6-16)23(28)29)26-22(27)21-13-20(25)10-9-18(21)11-15-3-2-4-19(24)12-15/h2-10,12-14H,11H2,1H3,(H,26,27)(H,28,29)/t14-/m0/s1. The van der Waals surface area contributed by atoms with Gasteiger partial charge in [-0.15, -0.1) is 0 Å². The summed E-state index contributed by atoms with van der Waals surface area (Å²) in [5, 5.41) is 13.1. The summed E-state index contributed by atoms with van der Waals surface area (Å²) in [5.74, 6) is -1.24. The van der Waals surface area contributed by atoms with Crippen LogP contribution in [0, 0.1) is 0 Å². The van der Waals surface area contributed by atoms with Gasteiger partial charge in [-0.2, -0.15) is 0 Å². The van der Waals surface area contributed by atoms with Crippen LogP contribution in [-0.4, -0.2) is 17.0 Å². The molecule has 1 atom stereocenters. The predicted octanol–water partition coefficient (Wildman–Crippen LogP) is 5.77. The van der Waals surface area contributed by atoms with Gasteiger partial charge in [-0.05, 0) is 66.4 Å². The number of aromatic carboxylic acids is 1. The first-order chi connectivity index (χ1) is 13.8. The lowest BCUT2D eigenvalue weighted by Gasteiger charge is -2.17. The Morgan fingerprint density at radius 1 is 0.966 bits per heavy atom. The highest BCUT2D eigenvalue weighted by Crippen LogP contribution is 2.22. The highest BCUT2D eigenvalue weighted by atomic mass is 35.5. The zero-order chi connectivity index (χ0) is 21.0. The number of carboxylic acid groups (broad SMARTS) is 1. The van der Waals surface area contributed by atoms with Crippen LogP contribution in [0.15, 0.2) is 66.7 Å². The summed E-state index contributed by atoms with van der Waals surface area (Å²) in [5.41, 5.74) is 3.33. The Hall–Kier alpha value is -2.82. The SMILES string of the molecule is C[C@H](NC(=O)c1cc(Cl)ccc1Cc1cccc(Cl)c1)c1ccc(C(=O)O)cc1. The number of carbonyl (C=O) groups is 2. The summed E-state index contributed by atoms with van der Waals surface area (Å²) in [7, 11) is 0. The van der Waals surface area contributed by atoms with Gasteiger partial charge in [0.25, 0.3) is 5.91 Å². The maximum atomic E-state index is 12.9. The van der Waals surface area contributed by atoms with Gasteiger partial charge in [0.05, 0.1) is 11.6 Å². The van der Waals surface area contributed by atoms with Crippen molar-refractivity contribution in [3.05, 3.63) is 105 Å². The van der Waals surface area contributed by atoms with Gasteiger partial charge in [-0.1, -0.05) is 53.5 Å². The molecule has 3 aromatic carbocycles. The summed E-state index contributed by atoms with van der Waals surface area (Å²) in [6.45, 7) is 1.84. The van der Waals surface area contributed by atoms with Crippen molar-refractivity contribution >= 4 is 35.1 Å². The molecule has 0 unspecified atom stereocenters.